The molecule has 5 nitrogen and oxygen atoms in total. The van der Waals surface area contributed by atoms with Crippen LogP contribution in [0.15, 0.2) is 6.20 Å². The lowest BCUT2D eigenvalue weighted by atomic mass is 9.93. The van der Waals surface area contributed by atoms with Gasteiger partial charge >= 0.3 is 0 Å². The second-order valence-electron chi connectivity index (χ2n) is 5.03. The predicted molar refractivity (Wildman–Crippen MR) is 77.3 cm³/mol. The molecule has 19 heavy (non-hydrogen) atoms. The molecule has 6 heteroatoms. The summed E-state index contributed by atoms with van der Waals surface area (Å²) in [4.78, 5) is 12.3. The third-order valence-corrected chi connectivity index (χ3v) is 4.06. The van der Waals surface area contributed by atoms with Crippen LogP contribution in [0.5, 0.6) is 0 Å². The summed E-state index contributed by atoms with van der Waals surface area (Å²) in [7, 11) is 1.91. The van der Waals surface area contributed by atoms with E-state index in [-0.39, 0.29) is 23.9 Å². The van der Waals surface area contributed by atoms with Crippen molar-refractivity contribution < 1.29 is 4.79 Å². The number of carbonyl (C=O) groups excluding carboxylic acids is 1. The largest absolute Gasteiger partial charge is 0.350 e. The fraction of sp³-hybridized carbons (Fsp3) is 0.692. The summed E-state index contributed by atoms with van der Waals surface area (Å²) in [5.74, 6) is 0.116. The third kappa shape index (κ3) is 3.09. The molecule has 1 amide bonds. The number of hydrogen-bond donors (Lipinski definition) is 2. The number of amides is 1. The Balaban J connectivity index is 0.00000180. The van der Waals surface area contributed by atoms with Gasteiger partial charge in [0.15, 0.2) is 0 Å². The van der Waals surface area contributed by atoms with Crippen LogP contribution in [0.1, 0.15) is 37.4 Å². The van der Waals surface area contributed by atoms with Crippen LogP contribution in [0.3, 0.4) is 0 Å². The van der Waals surface area contributed by atoms with Crippen LogP contribution in [-0.2, 0) is 18.4 Å². The van der Waals surface area contributed by atoms with Crippen LogP contribution in [0, 0.1) is 6.92 Å². The van der Waals surface area contributed by atoms with Crippen LogP contribution in [0.2, 0.25) is 0 Å². The van der Waals surface area contributed by atoms with Gasteiger partial charge in [0.05, 0.1) is 11.7 Å². The van der Waals surface area contributed by atoms with Crippen LogP contribution in [0.25, 0.3) is 0 Å². The smallest absolute Gasteiger partial charge is 0.240 e. The molecule has 1 atom stereocenters. The zero-order valence-electron chi connectivity index (χ0n) is 11.8. The number of rotatable bonds is 4. The standard InChI is InChI=1S/C13H22N4O.ClH/c1-4-13(6-5-7-15-13)12(18)14-8-11-9-16-17(3)10(11)2;/h9,15H,4-8H2,1-3H3,(H,14,18);1H. The van der Waals surface area contributed by atoms with E-state index in [2.05, 4.69) is 22.7 Å². The van der Waals surface area contributed by atoms with Crippen molar-refractivity contribution in [2.24, 2.45) is 7.05 Å². The lowest BCUT2D eigenvalue weighted by Crippen LogP contribution is -2.52. The predicted octanol–water partition coefficient (Wildman–Crippen LogP) is 1.30. The summed E-state index contributed by atoms with van der Waals surface area (Å²) in [5.41, 5.74) is 1.83. The molecule has 1 fully saturated rings. The van der Waals surface area contributed by atoms with Gasteiger partial charge < -0.3 is 10.6 Å². The van der Waals surface area contributed by atoms with Crippen molar-refractivity contribution in [3.05, 3.63) is 17.5 Å². The minimum atomic E-state index is -0.351. The average molecular weight is 287 g/mol. The normalized spacial score (nSPS) is 22.1. The van der Waals surface area contributed by atoms with Gasteiger partial charge in [0.1, 0.15) is 0 Å². The average Bonchev–Trinajstić information content (AvgIpc) is 2.97. The maximum Gasteiger partial charge on any atom is 0.240 e. The van der Waals surface area contributed by atoms with Crippen LogP contribution in [0.4, 0.5) is 0 Å². The molecule has 0 aliphatic carbocycles. The van der Waals surface area contributed by atoms with Gasteiger partial charge in [-0.15, -0.1) is 12.4 Å². The molecule has 108 valence electrons. The van der Waals surface area contributed by atoms with Crippen LogP contribution < -0.4 is 10.6 Å². The van der Waals surface area contributed by atoms with E-state index in [0.717, 1.165) is 37.1 Å². The number of hydrogen-bond acceptors (Lipinski definition) is 3. The Hall–Kier alpha value is -1.07. The molecule has 1 aromatic rings. The first kappa shape index (κ1) is 16.0. The van der Waals surface area contributed by atoms with Crippen molar-refractivity contribution in [1.29, 1.82) is 0 Å². The highest BCUT2D eigenvalue weighted by molar-refractivity contribution is 5.86. The number of nitrogens with one attached hydrogen (secondary N) is 2. The zero-order valence-corrected chi connectivity index (χ0v) is 12.6. The van der Waals surface area contributed by atoms with E-state index < -0.39 is 0 Å². The van der Waals surface area contributed by atoms with Crippen molar-refractivity contribution >= 4 is 18.3 Å². The first-order chi connectivity index (χ1) is 8.59. The summed E-state index contributed by atoms with van der Waals surface area (Å²) in [5, 5.41) is 10.6. The first-order valence-corrected chi connectivity index (χ1v) is 6.60. The summed E-state index contributed by atoms with van der Waals surface area (Å²) in [6.07, 6.45) is 4.66. The highest BCUT2D eigenvalue weighted by Gasteiger charge is 2.38. The Kier molecular flexibility index (Phi) is 5.38. The van der Waals surface area contributed by atoms with Gasteiger partial charge in [-0.3, -0.25) is 9.48 Å². The van der Waals surface area contributed by atoms with E-state index in [9.17, 15) is 4.79 Å². The quantitative estimate of drug-likeness (QED) is 0.877. The molecule has 2 N–H and O–H groups in total. The van der Waals surface area contributed by atoms with E-state index in [1.54, 1.807) is 0 Å². The second-order valence-corrected chi connectivity index (χ2v) is 5.03. The number of halogens is 1. The van der Waals surface area contributed by atoms with Crippen molar-refractivity contribution in [1.82, 2.24) is 20.4 Å². The highest BCUT2D eigenvalue weighted by Crippen LogP contribution is 2.23. The Morgan fingerprint density at radius 3 is 2.84 bits per heavy atom. The molecule has 1 aliphatic heterocycles. The Labute approximate surface area is 120 Å². The van der Waals surface area contributed by atoms with Gasteiger partial charge in [0, 0.05) is 24.8 Å². The zero-order chi connectivity index (χ0) is 13.2. The fourth-order valence-corrected chi connectivity index (χ4v) is 2.52. The van der Waals surface area contributed by atoms with Crippen molar-refractivity contribution in [2.45, 2.75) is 45.2 Å². The van der Waals surface area contributed by atoms with E-state index in [1.807, 2.05) is 24.9 Å². The fourth-order valence-electron chi connectivity index (χ4n) is 2.52. The second kappa shape index (κ2) is 6.39. The highest BCUT2D eigenvalue weighted by atomic mass is 35.5. The number of aromatic nitrogens is 2. The first-order valence-electron chi connectivity index (χ1n) is 6.60. The van der Waals surface area contributed by atoms with E-state index in [1.165, 1.54) is 0 Å². The maximum atomic E-state index is 12.3. The molecule has 2 rings (SSSR count). The van der Waals surface area contributed by atoms with Crippen molar-refractivity contribution in [2.75, 3.05) is 6.54 Å². The summed E-state index contributed by atoms with van der Waals surface area (Å²) < 4.78 is 1.82. The number of carbonyl (C=O) groups is 1. The topological polar surface area (TPSA) is 59.0 Å². The molecule has 1 unspecified atom stereocenters. The van der Waals surface area contributed by atoms with E-state index >= 15 is 0 Å². The monoisotopic (exact) mass is 286 g/mol. The minimum Gasteiger partial charge on any atom is -0.350 e. The molecule has 0 aromatic carbocycles. The molecule has 0 spiro atoms. The molecular weight excluding hydrogens is 264 g/mol. The molecule has 1 saturated heterocycles. The summed E-state index contributed by atoms with van der Waals surface area (Å²) in [6, 6.07) is 0. The summed E-state index contributed by atoms with van der Waals surface area (Å²) >= 11 is 0. The molecule has 0 bridgehead atoms. The maximum absolute atomic E-state index is 12.3. The van der Waals surface area contributed by atoms with Crippen molar-refractivity contribution in [3.63, 3.8) is 0 Å². The SMILES string of the molecule is CCC1(C(=O)NCc2cnn(C)c2C)CCCN1.Cl. The summed E-state index contributed by atoms with van der Waals surface area (Å²) in [6.45, 7) is 5.57. The van der Waals surface area contributed by atoms with E-state index in [4.69, 9.17) is 0 Å². The lowest BCUT2D eigenvalue weighted by Gasteiger charge is -2.26. The van der Waals surface area contributed by atoms with Crippen molar-refractivity contribution in [3.8, 4) is 0 Å². The van der Waals surface area contributed by atoms with Crippen LogP contribution in [-0.4, -0.2) is 27.8 Å². The molecule has 2 heterocycles. The third-order valence-electron chi connectivity index (χ3n) is 4.06. The van der Waals surface area contributed by atoms with Gasteiger partial charge in [-0.25, -0.2) is 0 Å². The van der Waals surface area contributed by atoms with Gasteiger partial charge in [-0.05, 0) is 32.7 Å². The number of nitrogens with zero attached hydrogens (tertiary/aromatic N) is 2. The van der Waals surface area contributed by atoms with E-state index in [0.29, 0.717) is 6.54 Å². The van der Waals surface area contributed by atoms with Gasteiger partial charge in [0.25, 0.3) is 0 Å². The molecule has 1 aliphatic rings. The van der Waals surface area contributed by atoms with Crippen LogP contribution >= 0.6 is 12.4 Å². The molecule has 0 saturated carbocycles. The Bertz CT molecular complexity index is 438. The molecule has 1 aromatic heterocycles. The van der Waals surface area contributed by atoms with Gasteiger partial charge in [-0.1, -0.05) is 6.92 Å². The Morgan fingerprint density at radius 2 is 2.37 bits per heavy atom. The van der Waals surface area contributed by atoms with Gasteiger partial charge in [-0.2, -0.15) is 5.10 Å². The molecular formula is C13H23ClN4O. The minimum absolute atomic E-state index is 0. The number of aryl methyl sites for hydroxylation is 1. The lowest BCUT2D eigenvalue weighted by molar-refractivity contribution is -0.127. The Morgan fingerprint density at radius 1 is 1.63 bits per heavy atom. The molecule has 0 radical (unpaired) electrons. The van der Waals surface area contributed by atoms with Gasteiger partial charge in [0.2, 0.25) is 5.91 Å².